The fourth-order valence-corrected chi connectivity index (χ4v) is 6.90. The molecule has 0 saturated carbocycles. The van der Waals surface area contributed by atoms with Crippen molar-refractivity contribution >= 4 is 21.8 Å². The Bertz CT molecular complexity index is 942. The highest BCUT2D eigenvalue weighted by Gasteiger charge is 2.57. The SMILES string of the molecule is COc1ccc(CC(=O)N2CC[C@H]3N(C)S(=O)(=O)CC[C@]3(C(=O)N3CCCC3)C2)cc1. The second-order valence-electron chi connectivity index (χ2n) is 8.88. The summed E-state index contributed by atoms with van der Waals surface area (Å²) in [6.45, 7) is 2.16. The number of hydrogen-bond acceptors (Lipinski definition) is 5. The summed E-state index contributed by atoms with van der Waals surface area (Å²) in [5.74, 6) is 0.658. The lowest BCUT2D eigenvalue weighted by Crippen LogP contribution is -2.68. The Hall–Kier alpha value is -2.13. The van der Waals surface area contributed by atoms with Crippen molar-refractivity contribution in [2.45, 2.75) is 38.1 Å². The van der Waals surface area contributed by atoms with Gasteiger partial charge in [-0.3, -0.25) is 9.59 Å². The van der Waals surface area contributed by atoms with Gasteiger partial charge in [0.25, 0.3) is 0 Å². The first kappa shape index (κ1) is 22.1. The Kier molecular flexibility index (Phi) is 6.00. The summed E-state index contributed by atoms with van der Waals surface area (Å²) in [4.78, 5) is 30.4. The molecule has 0 bridgehead atoms. The van der Waals surface area contributed by atoms with Gasteiger partial charge in [-0.05, 0) is 43.4 Å². The molecule has 3 aliphatic rings. The normalized spacial score (nSPS) is 28.3. The molecule has 0 aromatic heterocycles. The Morgan fingerprint density at radius 3 is 2.42 bits per heavy atom. The number of benzene rings is 1. The fourth-order valence-electron chi connectivity index (χ4n) is 5.30. The molecule has 170 valence electrons. The van der Waals surface area contributed by atoms with Crippen LogP contribution in [-0.2, 0) is 26.0 Å². The van der Waals surface area contributed by atoms with Gasteiger partial charge in [-0.25, -0.2) is 12.7 Å². The highest BCUT2D eigenvalue weighted by Crippen LogP contribution is 2.44. The highest BCUT2D eigenvalue weighted by atomic mass is 32.2. The lowest BCUT2D eigenvalue weighted by atomic mass is 9.71. The van der Waals surface area contributed by atoms with Crippen molar-refractivity contribution in [3.05, 3.63) is 29.8 Å². The minimum atomic E-state index is -3.37. The number of hydrogen-bond donors (Lipinski definition) is 0. The molecule has 3 aliphatic heterocycles. The molecule has 0 radical (unpaired) electrons. The van der Waals surface area contributed by atoms with E-state index in [0.717, 1.165) is 24.2 Å². The van der Waals surface area contributed by atoms with Crippen molar-refractivity contribution in [1.29, 1.82) is 0 Å². The third kappa shape index (κ3) is 4.05. The van der Waals surface area contributed by atoms with Crippen LogP contribution in [0.15, 0.2) is 24.3 Å². The van der Waals surface area contributed by atoms with Crippen LogP contribution in [-0.4, -0.2) is 86.5 Å². The van der Waals surface area contributed by atoms with Crippen LogP contribution in [0.1, 0.15) is 31.2 Å². The Morgan fingerprint density at radius 1 is 1.10 bits per heavy atom. The van der Waals surface area contributed by atoms with Crippen LogP contribution in [0.25, 0.3) is 0 Å². The van der Waals surface area contributed by atoms with Crippen LogP contribution < -0.4 is 4.74 Å². The number of methoxy groups -OCH3 is 1. The van der Waals surface area contributed by atoms with E-state index in [2.05, 4.69) is 0 Å². The number of amides is 2. The highest BCUT2D eigenvalue weighted by molar-refractivity contribution is 7.89. The van der Waals surface area contributed by atoms with Gasteiger partial charge in [-0.2, -0.15) is 0 Å². The van der Waals surface area contributed by atoms with Gasteiger partial charge in [0.1, 0.15) is 5.75 Å². The number of carbonyl (C=O) groups is 2. The van der Waals surface area contributed by atoms with E-state index >= 15 is 0 Å². The van der Waals surface area contributed by atoms with Gasteiger partial charge >= 0.3 is 0 Å². The first-order chi connectivity index (χ1) is 14.8. The average molecular weight is 450 g/mol. The number of fused-ring (bicyclic) bond motifs is 1. The molecule has 8 nitrogen and oxygen atoms in total. The van der Waals surface area contributed by atoms with Gasteiger partial charge in [-0.1, -0.05) is 12.1 Å². The molecule has 1 aromatic rings. The monoisotopic (exact) mass is 449 g/mol. The van der Waals surface area contributed by atoms with Crippen molar-refractivity contribution in [3.8, 4) is 5.75 Å². The summed E-state index contributed by atoms with van der Waals surface area (Å²) in [7, 11) is -0.190. The van der Waals surface area contributed by atoms with E-state index < -0.39 is 21.5 Å². The van der Waals surface area contributed by atoms with Gasteiger partial charge in [0, 0.05) is 39.3 Å². The van der Waals surface area contributed by atoms with Gasteiger partial charge < -0.3 is 14.5 Å². The van der Waals surface area contributed by atoms with E-state index in [1.165, 1.54) is 4.31 Å². The maximum atomic E-state index is 13.7. The molecule has 2 amide bonds. The third-order valence-corrected chi connectivity index (χ3v) is 9.01. The number of rotatable bonds is 4. The maximum Gasteiger partial charge on any atom is 0.232 e. The zero-order chi connectivity index (χ0) is 22.2. The molecule has 0 N–H and O–H groups in total. The molecular formula is C22H31N3O5S. The number of piperidine rings is 1. The molecule has 0 unspecified atom stereocenters. The summed E-state index contributed by atoms with van der Waals surface area (Å²) in [5, 5.41) is 0. The Morgan fingerprint density at radius 2 is 1.77 bits per heavy atom. The first-order valence-corrected chi connectivity index (χ1v) is 12.5. The summed E-state index contributed by atoms with van der Waals surface area (Å²) in [6.07, 6.45) is 2.94. The summed E-state index contributed by atoms with van der Waals surface area (Å²) in [6, 6.07) is 7.00. The van der Waals surface area contributed by atoms with Crippen molar-refractivity contribution in [3.63, 3.8) is 0 Å². The Labute approximate surface area is 184 Å². The van der Waals surface area contributed by atoms with E-state index in [1.54, 1.807) is 19.1 Å². The van der Waals surface area contributed by atoms with Crippen molar-refractivity contribution in [2.24, 2.45) is 5.41 Å². The second kappa shape index (κ2) is 8.43. The van der Waals surface area contributed by atoms with Crippen molar-refractivity contribution in [2.75, 3.05) is 46.1 Å². The molecule has 2 atom stereocenters. The minimum absolute atomic E-state index is 0.0127. The summed E-state index contributed by atoms with van der Waals surface area (Å²) >= 11 is 0. The predicted octanol–water partition coefficient (Wildman–Crippen LogP) is 1.11. The number of sulfonamides is 1. The number of likely N-dealkylation sites (tertiary alicyclic amines) is 2. The molecule has 3 fully saturated rings. The van der Waals surface area contributed by atoms with Crippen LogP contribution in [0.4, 0.5) is 0 Å². The van der Waals surface area contributed by atoms with Crippen molar-refractivity contribution in [1.82, 2.24) is 14.1 Å². The summed E-state index contributed by atoms with van der Waals surface area (Å²) < 4.78 is 31.7. The second-order valence-corrected chi connectivity index (χ2v) is 11.0. The van der Waals surface area contributed by atoms with Crippen LogP contribution in [0.2, 0.25) is 0 Å². The van der Waals surface area contributed by atoms with Crippen molar-refractivity contribution < 1.29 is 22.7 Å². The van der Waals surface area contributed by atoms with Crippen LogP contribution in [0.3, 0.4) is 0 Å². The van der Waals surface area contributed by atoms with E-state index in [-0.39, 0.29) is 37.0 Å². The zero-order valence-corrected chi connectivity index (χ0v) is 19.1. The maximum absolute atomic E-state index is 13.7. The molecular weight excluding hydrogens is 418 g/mol. The van der Waals surface area contributed by atoms with Crippen LogP contribution in [0.5, 0.6) is 5.75 Å². The van der Waals surface area contributed by atoms with E-state index in [0.29, 0.717) is 26.1 Å². The number of ether oxygens (including phenoxy) is 1. The molecule has 4 rings (SSSR count). The molecule has 9 heteroatoms. The van der Waals surface area contributed by atoms with Crippen LogP contribution in [0, 0.1) is 5.41 Å². The summed E-state index contributed by atoms with van der Waals surface area (Å²) in [5.41, 5.74) is 0.0225. The van der Waals surface area contributed by atoms with E-state index in [1.807, 2.05) is 29.2 Å². The fraction of sp³-hybridized carbons (Fsp3) is 0.636. The minimum Gasteiger partial charge on any atom is -0.497 e. The molecule has 31 heavy (non-hydrogen) atoms. The van der Waals surface area contributed by atoms with Gasteiger partial charge in [-0.15, -0.1) is 0 Å². The predicted molar refractivity (Wildman–Crippen MR) is 116 cm³/mol. The third-order valence-electron chi connectivity index (χ3n) is 7.15. The lowest BCUT2D eigenvalue weighted by Gasteiger charge is -2.53. The van der Waals surface area contributed by atoms with Crippen LogP contribution >= 0.6 is 0 Å². The molecule has 0 aliphatic carbocycles. The molecule has 3 saturated heterocycles. The van der Waals surface area contributed by atoms with E-state index in [4.69, 9.17) is 4.74 Å². The molecule has 0 spiro atoms. The molecule has 1 aromatic carbocycles. The number of carbonyl (C=O) groups excluding carboxylic acids is 2. The largest absolute Gasteiger partial charge is 0.497 e. The van der Waals surface area contributed by atoms with Gasteiger partial charge in [0.15, 0.2) is 0 Å². The topological polar surface area (TPSA) is 87.2 Å². The lowest BCUT2D eigenvalue weighted by molar-refractivity contribution is -0.153. The van der Waals surface area contributed by atoms with E-state index in [9.17, 15) is 18.0 Å². The average Bonchev–Trinajstić information content (AvgIpc) is 3.31. The standard InChI is InChI=1S/C22H31N3O5S/c1-23-19-9-13-25(20(26)15-17-5-7-18(30-2)8-6-17)16-22(19,10-14-31(23,28)29)21(27)24-11-3-4-12-24/h5-8,19H,3-4,9-16H2,1-2H3/t19-,22+/m1/s1. The quantitative estimate of drug-likeness (QED) is 0.687. The molecule has 3 heterocycles. The van der Waals surface area contributed by atoms with Gasteiger partial charge in [0.2, 0.25) is 21.8 Å². The Balaban J connectivity index is 1.57. The van der Waals surface area contributed by atoms with Gasteiger partial charge in [0.05, 0.1) is 24.7 Å². The zero-order valence-electron chi connectivity index (χ0n) is 18.2. The number of nitrogens with zero attached hydrogens (tertiary/aromatic N) is 3. The first-order valence-electron chi connectivity index (χ1n) is 10.9. The smallest absolute Gasteiger partial charge is 0.232 e.